The number of likely N-dealkylation sites (tertiary alicyclic amines) is 1. The lowest BCUT2D eigenvalue weighted by atomic mass is 9.96. The van der Waals surface area contributed by atoms with Crippen LogP contribution in [0, 0.1) is 25.6 Å². The minimum Gasteiger partial charge on any atom is -0.466 e. The summed E-state index contributed by atoms with van der Waals surface area (Å²) in [5.41, 5.74) is 1.72. The van der Waals surface area contributed by atoms with Crippen molar-refractivity contribution in [3.05, 3.63) is 58.8 Å². The smallest absolute Gasteiger partial charge is 0.257 e. The van der Waals surface area contributed by atoms with E-state index in [-0.39, 0.29) is 11.7 Å². The minimum atomic E-state index is -0.170. The van der Waals surface area contributed by atoms with Gasteiger partial charge in [0.1, 0.15) is 17.3 Å². The Kier molecular flexibility index (Phi) is 6.89. The summed E-state index contributed by atoms with van der Waals surface area (Å²) in [5.74, 6) is 1.84. The summed E-state index contributed by atoms with van der Waals surface area (Å²) < 4.78 is 18.9. The van der Waals surface area contributed by atoms with E-state index in [1.54, 1.807) is 12.1 Å². The fraction of sp³-hybridized carbons (Fsp3) is 0.522. The van der Waals surface area contributed by atoms with Gasteiger partial charge in [0, 0.05) is 26.2 Å². The Bertz CT molecular complexity index is 802. The van der Waals surface area contributed by atoms with E-state index in [1.807, 2.05) is 37.8 Å². The molecule has 0 N–H and O–H groups in total. The van der Waals surface area contributed by atoms with Crippen molar-refractivity contribution in [1.29, 1.82) is 0 Å². The Morgan fingerprint density at radius 1 is 1.32 bits per heavy atom. The Morgan fingerprint density at radius 2 is 2.14 bits per heavy atom. The Balaban J connectivity index is 1.55. The van der Waals surface area contributed by atoms with Crippen molar-refractivity contribution in [2.24, 2.45) is 5.92 Å². The summed E-state index contributed by atoms with van der Waals surface area (Å²) in [6, 6.07) is 8.70. The van der Waals surface area contributed by atoms with Gasteiger partial charge in [-0.15, -0.1) is 0 Å². The van der Waals surface area contributed by atoms with Crippen LogP contribution in [-0.4, -0.2) is 48.4 Å². The van der Waals surface area contributed by atoms with Crippen molar-refractivity contribution >= 4 is 5.91 Å². The van der Waals surface area contributed by atoms with Crippen molar-refractivity contribution in [2.75, 3.05) is 32.7 Å². The largest absolute Gasteiger partial charge is 0.466 e. The summed E-state index contributed by atoms with van der Waals surface area (Å²) in [4.78, 5) is 17.3. The number of aryl methyl sites for hydroxylation is 2. The Morgan fingerprint density at radius 3 is 2.82 bits per heavy atom. The molecule has 1 fully saturated rings. The lowest BCUT2D eigenvalue weighted by Gasteiger charge is -2.35. The number of carbonyl (C=O) groups is 1. The van der Waals surface area contributed by atoms with Crippen LogP contribution in [0.25, 0.3) is 0 Å². The molecule has 28 heavy (non-hydrogen) atoms. The Labute approximate surface area is 167 Å². The van der Waals surface area contributed by atoms with Crippen molar-refractivity contribution in [2.45, 2.75) is 40.0 Å². The number of nitrogens with zero attached hydrogens (tertiary/aromatic N) is 2. The summed E-state index contributed by atoms with van der Waals surface area (Å²) in [7, 11) is 0. The monoisotopic (exact) mass is 386 g/mol. The second-order valence-corrected chi connectivity index (χ2v) is 7.86. The number of hydrogen-bond donors (Lipinski definition) is 0. The molecular formula is C23H31FN2O2. The number of hydrogen-bond acceptors (Lipinski definition) is 3. The molecule has 0 unspecified atom stereocenters. The highest BCUT2D eigenvalue weighted by atomic mass is 19.1. The first-order valence-corrected chi connectivity index (χ1v) is 10.3. The molecule has 1 amide bonds. The van der Waals surface area contributed by atoms with Crippen LogP contribution in [0.4, 0.5) is 4.39 Å². The third-order valence-corrected chi connectivity index (χ3v) is 5.63. The van der Waals surface area contributed by atoms with Gasteiger partial charge in [-0.1, -0.05) is 12.1 Å². The van der Waals surface area contributed by atoms with Gasteiger partial charge in [0.05, 0.1) is 5.56 Å². The molecule has 0 aliphatic carbocycles. The quantitative estimate of drug-likeness (QED) is 0.705. The molecule has 1 aliphatic heterocycles. The van der Waals surface area contributed by atoms with Crippen LogP contribution in [0.15, 0.2) is 34.7 Å². The van der Waals surface area contributed by atoms with E-state index in [0.717, 1.165) is 56.8 Å². The first-order chi connectivity index (χ1) is 13.5. The molecule has 2 heterocycles. The highest BCUT2D eigenvalue weighted by Gasteiger charge is 2.25. The molecular weight excluding hydrogens is 355 g/mol. The predicted molar refractivity (Wildman–Crippen MR) is 109 cm³/mol. The molecule has 0 saturated carbocycles. The number of benzene rings is 1. The number of carbonyl (C=O) groups excluding carboxylic acids is 1. The molecule has 4 nitrogen and oxygen atoms in total. The van der Waals surface area contributed by atoms with E-state index in [2.05, 4.69) is 4.90 Å². The van der Waals surface area contributed by atoms with Crippen molar-refractivity contribution < 1.29 is 13.6 Å². The molecule has 0 radical (unpaired) electrons. The molecule has 1 aromatic carbocycles. The average Bonchev–Trinajstić information content (AvgIpc) is 3.02. The fourth-order valence-electron chi connectivity index (χ4n) is 4.16. The van der Waals surface area contributed by atoms with Crippen LogP contribution < -0.4 is 0 Å². The summed E-state index contributed by atoms with van der Waals surface area (Å²) in [5, 5.41) is 0. The van der Waals surface area contributed by atoms with Crippen LogP contribution >= 0.6 is 0 Å². The van der Waals surface area contributed by atoms with Gasteiger partial charge in [-0.3, -0.25) is 4.79 Å². The zero-order valence-electron chi connectivity index (χ0n) is 17.2. The molecule has 1 saturated heterocycles. The first kappa shape index (κ1) is 20.6. The number of piperidine rings is 1. The zero-order valence-corrected chi connectivity index (χ0v) is 17.2. The first-order valence-electron chi connectivity index (χ1n) is 10.3. The topological polar surface area (TPSA) is 36.7 Å². The van der Waals surface area contributed by atoms with E-state index in [1.165, 1.54) is 6.07 Å². The van der Waals surface area contributed by atoms with Gasteiger partial charge in [-0.05, 0) is 76.3 Å². The number of rotatable bonds is 7. The normalized spacial score (nSPS) is 17.6. The second kappa shape index (κ2) is 9.37. The van der Waals surface area contributed by atoms with Gasteiger partial charge in [-0.2, -0.15) is 0 Å². The second-order valence-electron chi connectivity index (χ2n) is 7.86. The molecule has 3 rings (SSSR count). The maximum Gasteiger partial charge on any atom is 0.257 e. The number of amides is 1. The van der Waals surface area contributed by atoms with Crippen LogP contribution in [0.5, 0.6) is 0 Å². The van der Waals surface area contributed by atoms with Crippen LogP contribution in [0.1, 0.15) is 47.2 Å². The van der Waals surface area contributed by atoms with Gasteiger partial charge in [-0.25, -0.2) is 4.39 Å². The SMILES string of the molecule is CCN(C[C@H]1CCCN(CCc2cccc(F)c2)C1)C(=O)c1cc(C)oc1C. The van der Waals surface area contributed by atoms with Crippen LogP contribution in [-0.2, 0) is 6.42 Å². The average molecular weight is 387 g/mol. The fourth-order valence-corrected chi connectivity index (χ4v) is 4.16. The summed E-state index contributed by atoms with van der Waals surface area (Å²) >= 11 is 0. The zero-order chi connectivity index (χ0) is 20.1. The Hall–Kier alpha value is -2.14. The van der Waals surface area contributed by atoms with E-state index in [4.69, 9.17) is 4.42 Å². The van der Waals surface area contributed by atoms with Crippen molar-refractivity contribution in [3.63, 3.8) is 0 Å². The third-order valence-electron chi connectivity index (χ3n) is 5.63. The summed E-state index contributed by atoms with van der Waals surface area (Å²) in [6.07, 6.45) is 3.14. The molecule has 5 heteroatoms. The van der Waals surface area contributed by atoms with E-state index in [9.17, 15) is 9.18 Å². The molecule has 1 aliphatic rings. The third kappa shape index (κ3) is 5.22. The molecule has 0 bridgehead atoms. The standard InChI is InChI=1S/C23H31FN2O2/c1-4-26(23(27)22-13-17(2)28-18(22)3)16-20-8-6-11-25(15-20)12-10-19-7-5-9-21(24)14-19/h5,7,9,13-14,20H,4,6,8,10-12,15-16H2,1-3H3/t20-/m0/s1. The minimum absolute atomic E-state index is 0.0636. The van der Waals surface area contributed by atoms with Crippen LogP contribution in [0.2, 0.25) is 0 Å². The van der Waals surface area contributed by atoms with Crippen LogP contribution in [0.3, 0.4) is 0 Å². The summed E-state index contributed by atoms with van der Waals surface area (Å²) in [6.45, 7) is 10.2. The maximum atomic E-state index is 13.4. The van der Waals surface area contributed by atoms with Gasteiger partial charge in [0.2, 0.25) is 0 Å². The van der Waals surface area contributed by atoms with Gasteiger partial charge >= 0.3 is 0 Å². The van der Waals surface area contributed by atoms with E-state index >= 15 is 0 Å². The molecule has 2 aromatic rings. The van der Waals surface area contributed by atoms with E-state index < -0.39 is 0 Å². The lowest BCUT2D eigenvalue weighted by molar-refractivity contribution is 0.0689. The number of furan rings is 1. The van der Waals surface area contributed by atoms with Gasteiger partial charge < -0.3 is 14.2 Å². The molecule has 1 atom stereocenters. The predicted octanol–water partition coefficient (Wildman–Crippen LogP) is 4.45. The maximum absolute atomic E-state index is 13.4. The van der Waals surface area contributed by atoms with Gasteiger partial charge in [0.15, 0.2) is 0 Å². The molecule has 0 spiro atoms. The van der Waals surface area contributed by atoms with Crippen molar-refractivity contribution in [1.82, 2.24) is 9.80 Å². The van der Waals surface area contributed by atoms with Crippen molar-refractivity contribution in [3.8, 4) is 0 Å². The molecule has 1 aromatic heterocycles. The van der Waals surface area contributed by atoms with E-state index in [0.29, 0.717) is 23.8 Å². The highest BCUT2D eigenvalue weighted by molar-refractivity contribution is 5.95. The van der Waals surface area contributed by atoms with Gasteiger partial charge in [0.25, 0.3) is 5.91 Å². The molecule has 152 valence electrons. The highest BCUT2D eigenvalue weighted by Crippen LogP contribution is 2.21. The lowest BCUT2D eigenvalue weighted by Crippen LogP contribution is -2.43. The number of halogens is 1.